The zero-order chi connectivity index (χ0) is 10.4. The highest BCUT2D eigenvalue weighted by atomic mass is 32.2. The fraction of sp³-hybridized carbons (Fsp3) is 0.455. The average Bonchev–Trinajstić information content (AvgIpc) is 2.20. The van der Waals surface area contributed by atoms with Gasteiger partial charge in [-0.1, -0.05) is 19.1 Å². The maximum absolute atomic E-state index is 5.96. The lowest BCUT2D eigenvalue weighted by molar-refractivity contribution is 0.653. The van der Waals surface area contributed by atoms with Crippen molar-refractivity contribution in [3.05, 3.63) is 29.8 Å². The SMILES string of the molecule is CCSc1ccc(C(N)CNC)cc1. The number of nitrogens with one attached hydrogen (secondary N) is 1. The molecule has 0 saturated heterocycles. The van der Waals surface area contributed by atoms with Gasteiger partial charge in [-0.2, -0.15) is 0 Å². The van der Waals surface area contributed by atoms with Gasteiger partial charge >= 0.3 is 0 Å². The van der Waals surface area contributed by atoms with Gasteiger partial charge in [0.1, 0.15) is 0 Å². The Balaban J connectivity index is 2.62. The van der Waals surface area contributed by atoms with Gasteiger partial charge in [0, 0.05) is 17.5 Å². The van der Waals surface area contributed by atoms with Gasteiger partial charge in [0.15, 0.2) is 0 Å². The predicted molar refractivity (Wildman–Crippen MR) is 63.7 cm³/mol. The molecule has 3 heteroatoms. The number of nitrogens with two attached hydrogens (primary N) is 1. The highest BCUT2D eigenvalue weighted by molar-refractivity contribution is 7.99. The molecule has 0 aliphatic carbocycles. The van der Waals surface area contributed by atoms with Gasteiger partial charge in [-0.05, 0) is 30.5 Å². The van der Waals surface area contributed by atoms with Crippen LogP contribution in [0.4, 0.5) is 0 Å². The lowest BCUT2D eigenvalue weighted by Gasteiger charge is -2.11. The molecule has 78 valence electrons. The van der Waals surface area contributed by atoms with Crippen molar-refractivity contribution in [1.82, 2.24) is 5.32 Å². The first-order valence-corrected chi connectivity index (χ1v) is 5.89. The molecular formula is C11H18N2S. The quantitative estimate of drug-likeness (QED) is 0.730. The van der Waals surface area contributed by atoms with E-state index in [1.54, 1.807) is 0 Å². The number of likely N-dealkylation sites (N-methyl/N-ethyl adjacent to an activating group) is 1. The number of hydrogen-bond acceptors (Lipinski definition) is 3. The van der Waals surface area contributed by atoms with Crippen LogP contribution in [0.5, 0.6) is 0 Å². The Kier molecular flexibility index (Phi) is 5.01. The van der Waals surface area contributed by atoms with Crippen molar-refractivity contribution >= 4 is 11.8 Å². The van der Waals surface area contributed by atoms with Crippen molar-refractivity contribution in [3.8, 4) is 0 Å². The van der Waals surface area contributed by atoms with Crippen LogP contribution in [0.25, 0.3) is 0 Å². The van der Waals surface area contributed by atoms with Crippen molar-refractivity contribution in [2.24, 2.45) is 5.73 Å². The molecule has 1 aromatic rings. The van der Waals surface area contributed by atoms with Crippen molar-refractivity contribution in [1.29, 1.82) is 0 Å². The zero-order valence-corrected chi connectivity index (χ0v) is 9.60. The maximum atomic E-state index is 5.96. The van der Waals surface area contributed by atoms with Gasteiger partial charge in [0.05, 0.1) is 0 Å². The van der Waals surface area contributed by atoms with E-state index in [1.807, 2.05) is 18.8 Å². The highest BCUT2D eigenvalue weighted by Gasteiger charge is 2.03. The Labute approximate surface area is 90.3 Å². The summed E-state index contributed by atoms with van der Waals surface area (Å²) in [6.45, 7) is 2.98. The molecule has 0 aromatic heterocycles. The second kappa shape index (κ2) is 6.06. The minimum absolute atomic E-state index is 0.0978. The van der Waals surface area contributed by atoms with E-state index in [-0.39, 0.29) is 6.04 Å². The van der Waals surface area contributed by atoms with Crippen LogP contribution in [-0.4, -0.2) is 19.3 Å². The largest absolute Gasteiger partial charge is 0.323 e. The van der Waals surface area contributed by atoms with Crippen LogP contribution in [0.3, 0.4) is 0 Å². The molecule has 0 bridgehead atoms. The van der Waals surface area contributed by atoms with Gasteiger partial charge < -0.3 is 11.1 Å². The molecule has 14 heavy (non-hydrogen) atoms. The van der Waals surface area contributed by atoms with Gasteiger partial charge in [0.25, 0.3) is 0 Å². The maximum Gasteiger partial charge on any atom is 0.0421 e. The number of benzene rings is 1. The van der Waals surface area contributed by atoms with Crippen LogP contribution in [-0.2, 0) is 0 Å². The third-order valence-corrected chi connectivity index (χ3v) is 2.94. The molecule has 1 aromatic carbocycles. The number of rotatable bonds is 5. The fourth-order valence-electron chi connectivity index (χ4n) is 1.32. The topological polar surface area (TPSA) is 38.0 Å². The summed E-state index contributed by atoms with van der Waals surface area (Å²) in [4.78, 5) is 1.31. The smallest absolute Gasteiger partial charge is 0.0421 e. The van der Waals surface area contributed by atoms with E-state index in [0.29, 0.717) is 0 Å². The van der Waals surface area contributed by atoms with E-state index in [0.717, 1.165) is 12.3 Å². The molecule has 0 saturated carbocycles. The Morgan fingerprint density at radius 1 is 1.36 bits per heavy atom. The van der Waals surface area contributed by atoms with Gasteiger partial charge in [-0.15, -0.1) is 11.8 Å². The molecule has 1 atom stereocenters. The monoisotopic (exact) mass is 210 g/mol. The Hall–Kier alpha value is -0.510. The molecule has 0 fully saturated rings. The van der Waals surface area contributed by atoms with E-state index in [2.05, 4.69) is 36.5 Å². The Morgan fingerprint density at radius 2 is 2.00 bits per heavy atom. The summed E-state index contributed by atoms with van der Waals surface area (Å²) in [5, 5.41) is 3.08. The van der Waals surface area contributed by atoms with Crippen LogP contribution in [0.1, 0.15) is 18.5 Å². The van der Waals surface area contributed by atoms with E-state index < -0.39 is 0 Å². The lowest BCUT2D eigenvalue weighted by atomic mass is 10.1. The van der Waals surface area contributed by atoms with E-state index in [1.165, 1.54) is 10.5 Å². The summed E-state index contributed by atoms with van der Waals surface area (Å²) in [6, 6.07) is 8.60. The molecule has 0 aliphatic heterocycles. The van der Waals surface area contributed by atoms with Crippen molar-refractivity contribution in [2.45, 2.75) is 17.9 Å². The molecule has 1 rings (SSSR count). The van der Waals surface area contributed by atoms with Crippen LogP contribution >= 0.6 is 11.8 Å². The summed E-state index contributed by atoms with van der Waals surface area (Å²) < 4.78 is 0. The van der Waals surface area contributed by atoms with E-state index in [4.69, 9.17) is 5.73 Å². The summed E-state index contributed by atoms with van der Waals surface area (Å²) >= 11 is 1.85. The van der Waals surface area contributed by atoms with Crippen LogP contribution < -0.4 is 11.1 Å². The van der Waals surface area contributed by atoms with Crippen LogP contribution in [0.15, 0.2) is 29.2 Å². The number of hydrogen-bond donors (Lipinski definition) is 2. The van der Waals surface area contributed by atoms with Crippen LogP contribution in [0, 0.1) is 0 Å². The van der Waals surface area contributed by atoms with Crippen molar-refractivity contribution in [3.63, 3.8) is 0 Å². The lowest BCUT2D eigenvalue weighted by Crippen LogP contribution is -2.23. The van der Waals surface area contributed by atoms with Gasteiger partial charge in [0.2, 0.25) is 0 Å². The third-order valence-electron chi connectivity index (χ3n) is 2.04. The molecule has 0 aliphatic rings. The average molecular weight is 210 g/mol. The van der Waals surface area contributed by atoms with Gasteiger partial charge in [-0.3, -0.25) is 0 Å². The normalized spacial score (nSPS) is 12.8. The van der Waals surface area contributed by atoms with Gasteiger partial charge in [-0.25, -0.2) is 0 Å². The minimum Gasteiger partial charge on any atom is -0.323 e. The molecule has 1 unspecified atom stereocenters. The second-order valence-electron chi connectivity index (χ2n) is 3.17. The fourth-order valence-corrected chi connectivity index (χ4v) is 1.98. The Morgan fingerprint density at radius 3 is 2.50 bits per heavy atom. The summed E-state index contributed by atoms with van der Waals surface area (Å²) in [5.74, 6) is 1.11. The van der Waals surface area contributed by atoms with Crippen molar-refractivity contribution in [2.75, 3.05) is 19.3 Å². The third kappa shape index (κ3) is 3.33. The predicted octanol–water partition coefficient (Wildman–Crippen LogP) is 2.02. The van der Waals surface area contributed by atoms with Crippen LogP contribution in [0.2, 0.25) is 0 Å². The minimum atomic E-state index is 0.0978. The first kappa shape index (κ1) is 11.6. The second-order valence-corrected chi connectivity index (χ2v) is 4.50. The molecular weight excluding hydrogens is 192 g/mol. The zero-order valence-electron chi connectivity index (χ0n) is 8.79. The summed E-state index contributed by atoms with van der Waals surface area (Å²) in [6.07, 6.45) is 0. The summed E-state index contributed by atoms with van der Waals surface area (Å²) in [7, 11) is 1.92. The summed E-state index contributed by atoms with van der Waals surface area (Å²) in [5.41, 5.74) is 7.15. The molecule has 2 nitrogen and oxygen atoms in total. The van der Waals surface area contributed by atoms with E-state index in [9.17, 15) is 0 Å². The highest BCUT2D eigenvalue weighted by Crippen LogP contribution is 2.19. The molecule has 0 heterocycles. The first-order valence-electron chi connectivity index (χ1n) is 4.91. The molecule has 3 N–H and O–H groups in total. The molecule has 0 amide bonds. The molecule has 0 spiro atoms. The first-order chi connectivity index (χ1) is 6.77. The molecule has 0 radical (unpaired) electrons. The standard InChI is InChI=1S/C11H18N2S/c1-3-14-10-6-4-9(5-7-10)11(12)8-13-2/h4-7,11,13H,3,8,12H2,1-2H3. The Bertz CT molecular complexity index is 258. The number of thioether (sulfide) groups is 1. The van der Waals surface area contributed by atoms with Crippen molar-refractivity contribution < 1.29 is 0 Å². The van der Waals surface area contributed by atoms with E-state index >= 15 is 0 Å².